The van der Waals surface area contributed by atoms with Crippen LogP contribution in [0.15, 0.2) is 72.8 Å². The molecule has 0 fully saturated rings. The summed E-state index contributed by atoms with van der Waals surface area (Å²) in [7, 11) is 0. The molecule has 1 aromatic heterocycles. The lowest BCUT2D eigenvalue weighted by atomic mass is 9.91. The van der Waals surface area contributed by atoms with Crippen molar-refractivity contribution in [3.8, 4) is 28.1 Å². The summed E-state index contributed by atoms with van der Waals surface area (Å²) in [5.41, 5.74) is 7.85. The van der Waals surface area contributed by atoms with Gasteiger partial charge in [-0.05, 0) is 30.2 Å². The first-order valence-corrected chi connectivity index (χ1v) is 8.52. The molecule has 1 aliphatic rings. The molecule has 0 bridgehead atoms. The molecule has 0 radical (unpaired) electrons. The van der Waals surface area contributed by atoms with Crippen molar-refractivity contribution in [3.05, 3.63) is 83.9 Å². The van der Waals surface area contributed by atoms with Crippen LogP contribution in [0, 0.1) is 6.92 Å². The number of pyridine rings is 1. The zero-order chi connectivity index (χ0) is 16.8. The van der Waals surface area contributed by atoms with E-state index in [1.165, 1.54) is 16.7 Å². The summed E-state index contributed by atoms with van der Waals surface area (Å²) in [6, 6.07) is 25.2. The maximum atomic E-state index is 6.21. The van der Waals surface area contributed by atoms with E-state index < -0.39 is 0 Å². The number of rotatable bonds is 1. The van der Waals surface area contributed by atoms with Crippen molar-refractivity contribution < 1.29 is 4.74 Å². The van der Waals surface area contributed by atoms with E-state index in [9.17, 15) is 0 Å². The molecule has 25 heavy (non-hydrogen) atoms. The van der Waals surface area contributed by atoms with Crippen LogP contribution in [0.3, 0.4) is 0 Å². The Labute approximate surface area is 146 Å². The standard InChI is InChI=1S/C23H17NO/c1-15-10-12-16(13-11-15)22-21-18-7-3-2-6-17(18)14-25-23(21)19-8-4-5-9-20(19)24-22/h2-13H,14H2,1H3. The molecule has 2 heteroatoms. The second kappa shape index (κ2) is 5.45. The predicted octanol–water partition coefficient (Wildman–Crippen LogP) is 5.77. The van der Waals surface area contributed by atoms with Crippen molar-refractivity contribution in [2.75, 3.05) is 0 Å². The molecule has 120 valence electrons. The first-order chi connectivity index (χ1) is 12.3. The largest absolute Gasteiger partial charge is 0.487 e. The molecule has 0 saturated heterocycles. The lowest BCUT2D eigenvalue weighted by Crippen LogP contribution is -2.08. The minimum absolute atomic E-state index is 0.602. The molecule has 0 saturated carbocycles. The molecule has 0 spiro atoms. The number of para-hydroxylation sites is 1. The number of nitrogens with zero attached hydrogens (tertiary/aromatic N) is 1. The molecule has 0 atom stereocenters. The van der Waals surface area contributed by atoms with Crippen LogP contribution in [-0.4, -0.2) is 4.98 Å². The minimum Gasteiger partial charge on any atom is -0.487 e. The number of hydrogen-bond acceptors (Lipinski definition) is 2. The van der Waals surface area contributed by atoms with Gasteiger partial charge in [-0.25, -0.2) is 4.98 Å². The van der Waals surface area contributed by atoms with Crippen molar-refractivity contribution in [2.24, 2.45) is 0 Å². The smallest absolute Gasteiger partial charge is 0.139 e. The molecule has 0 amide bonds. The van der Waals surface area contributed by atoms with Crippen LogP contribution in [0.2, 0.25) is 0 Å². The van der Waals surface area contributed by atoms with E-state index in [0.717, 1.165) is 33.5 Å². The van der Waals surface area contributed by atoms with Gasteiger partial charge < -0.3 is 4.74 Å². The van der Waals surface area contributed by atoms with Gasteiger partial charge in [-0.3, -0.25) is 0 Å². The molecular weight excluding hydrogens is 306 g/mol. The van der Waals surface area contributed by atoms with Crippen molar-refractivity contribution in [3.63, 3.8) is 0 Å². The van der Waals surface area contributed by atoms with Gasteiger partial charge in [-0.1, -0.05) is 66.2 Å². The van der Waals surface area contributed by atoms with E-state index in [4.69, 9.17) is 9.72 Å². The van der Waals surface area contributed by atoms with E-state index in [1.807, 2.05) is 12.1 Å². The van der Waals surface area contributed by atoms with Crippen LogP contribution in [0.1, 0.15) is 11.1 Å². The quantitative estimate of drug-likeness (QED) is 0.443. The van der Waals surface area contributed by atoms with Gasteiger partial charge in [0, 0.05) is 10.9 Å². The van der Waals surface area contributed by atoms with E-state index in [2.05, 4.69) is 67.6 Å². The zero-order valence-corrected chi connectivity index (χ0v) is 14.0. The molecule has 0 unspecified atom stereocenters. The molecular formula is C23H17NO. The molecule has 3 aromatic carbocycles. The summed E-state index contributed by atoms with van der Waals surface area (Å²) in [6.07, 6.45) is 0. The third-order valence-corrected chi connectivity index (χ3v) is 4.83. The summed E-state index contributed by atoms with van der Waals surface area (Å²) in [6.45, 7) is 2.70. The monoisotopic (exact) mass is 323 g/mol. The predicted molar refractivity (Wildman–Crippen MR) is 102 cm³/mol. The zero-order valence-electron chi connectivity index (χ0n) is 14.0. The lowest BCUT2D eigenvalue weighted by molar-refractivity contribution is 0.306. The number of aryl methyl sites for hydroxylation is 1. The average molecular weight is 323 g/mol. The topological polar surface area (TPSA) is 22.1 Å². The fraction of sp³-hybridized carbons (Fsp3) is 0.0870. The third kappa shape index (κ3) is 2.22. The summed E-state index contributed by atoms with van der Waals surface area (Å²) in [4.78, 5) is 5.01. The molecule has 0 N–H and O–H groups in total. The van der Waals surface area contributed by atoms with Crippen LogP contribution in [-0.2, 0) is 6.61 Å². The molecule has 4 aromatic rings. The second-order valence-electron chi connectivity index (χ2n) is 6.49. The van der Waals surface area contributed by atoms with Crippen LogP contribution in [0.25, 0.3) is 33.3 Å². The highest BCUT2D eigenvalue weighted by Gasteiger charge is 2.24. The highest BCUT2D eigenvalue weighted by Crippen LogP contribution is 2.46. The first kappa shape index (κ1) is 14.2. The Kier molecular flexibility index (Phi) is 3.10. The molecule has 1 aliphatic heterocycles. The van der Waals surface area contributed by atoms with Crippen LogP contribution >= 0.6 is 0 Å². The van der Waals surface area contributed by atoms with Gasteiger partial charge in [0.15, 0.2) is 0 Å². The van der Waals surface area contributed by atoms with E-state index in [0.29, 0.717) is 6.61 Å². The van der Waals surface area contributed by atoms with Crippen LogP contribution < -0.4 is 4.74 Å². The summed E-state index contributed by atoms with van der Waals surface area (Å²) in [5.74, 6) is 0.944. The van der Waals surface area contributed by atoms with Gasteiger partial charge in [0.2, 0.25) is 0 Å². The molecule has 5 rings (SSSR count). The van der Waals surface area contributed by atoms with E-state index in [1.54, 1.807) is 0 Å². The van der Waals surface area contributed by atoms with Crippen LogP contribution in [0.4, 0.5) is 0 Å². The molecule has 2 heterocycles. The maximum absolute atomic E-state index is 6.21. The Balaban J connectivity index is 1.90. The summed E-state index contributed by atoms with van der Waals surface area (Å²) < 4.78 is 6.21. The van der Waals surface area contributed by atoms with E-state index in [-0.39, 0.29) is 0 Å². The Bertz CT molecular complexity index is 1100. The Morgan fingerprint density at radius 2 is 1.60 bits per heavy atom. The van der Waals surface area contributed by atoms with Gasteiger partial charge in [-0.2, -0.15) is 0 Å². The Hall–Kier alpha value is -3.13. The number of ether oxygens (including phenoxy) is 1. The Morgan fingerprint density at radius 1 is 0.840 bits per heavy atom. The highest BCUT2D eigenvalue weighted by atomic mass is 16.5. The lowest BCUT2D eigenvalue weighted by Gasteiger charge is -2.24. The van der Waals surface area contributed by atoms with Gasteiger partial charge >= 0.3 is 0 Å². The highest BCUT2D eigenvalue weighted by molar-refractivity contribution is 6.00. The fourth-order valence-corrected chi connectivity index (χ4v) is 3.54. The fourth-order valence-electron chi connectivity index (χ4n) is 3.54. The molecule has 2 nitrogen and oxygen atoms in total. The van der Waals surface area contributed by atoms with Crippen molar-refractivity contribution in [1.82, 2.24) is 4.98 Å². The van der Waals surface area contributed by atoms with Crippen molar-refractivity contribution >= 4 is 10.9 Å². The number of hydrogen-bond donors (Lipinski definition) is 0. The summed E-state index contributed by atoms with van der Waals surface area (Å²) >= 11 is 0. The van der Waals surface area contributed by atoms with Gasteiger partial charge in [0.1, 0.15) is 12.4 Å². The number of benzene rings is 3. The van der Waals surface area contributed by atoms with Gasteiger partial charge in [0.05, 0.1) is 16.8 Å². The Morgan fingerprint density at radius 3 is 2.48 bits per heavy atom. The third-order valence-electron chi connectivity index (χ3n) is 4.83. The summed E-state index contributed by atoms with van der Waals surface area (Å²) in [5, 5.41) is 1.07. The number of aromatic nitrogens is 1. The SMILES string of the molecule is Cc1ccc(-c2nc3ccccc3c3c2-c2ccccc2CO3)cc1. The minimum atomic E-state index is 0.602. The van der Waals surface area contributed by atoms with Crippen molar-refractivity contribution in [2.45, 2.75) is 13.5 Å². The van der Waals surface area contributed by atoms with Gasteiger partial charge in [-0.15, -0.1) is 0 Å². The number of fused-ring (bicyclic) bond motifs is 5. The van der Waals surface area contributed by atoms with E-state index >= 15 is 0 Å². The second-order valence-corrected chi connectivity index (χ2v) is 6.49. The molecule has 0 aliphatic carbocycles. The van der Waals surface area contributed by atoms with Gasteiger partial charge in [0.25, 0.3) is 0 Å². The van der Waals surface area contributed by atoms with Crippen molar-refractivity contribution in [1.29, 1.82) is 0 Å². The maximum Gasteiger partial charge on any atom is 0.139 e. The normalized spacial score (nSPS) is 12.4. The van der Waals surface area contributed by atoms with Crippen LogP contribution in [0.5, 0.6) is 5.75 Å². The average Bonchev–Trinajstić information content (AvgIpc) is 2.67. The first-order valence-electron chi connectivity index (χ1n) is 8.52.